The molecule has 4 fully saturated rings. The molecule has 4 heterocycles. The van der Waals surface area contributed by atoms with Gasteiger partial charge in [0.1, 0.15) is 18.1 Å². The first-order chi connectivity index (χ1) is 21.9. The molecule has 4 atom stereocenters. The minimum Gasteiger partial charge on any atom is -0.346 e. The monoisotopic (exact) mass is 676 g/mol. The van der Waals surface area contributed by atoms with Gasteiger partial charge in [-0.25, -0.2) is 0 Å². The molecule has 4 amide bonds. The molecule has 0 spiro atoms. The van der Waals surface area contributed by atoms with Crippen molar-refractivity contribution in [1.29, 1.82) is 5.26 Å². The lowest BCUT2D eigenvalue weighted by Crippen LogP contribution is -2.62. The van der Waals surface area contributed by atoms with E-state index >= 15 is 0 Å². The molecular formula is C30H35F2N6O6PS. The van der Waals surface area contributed by atoms with Crippen molar-refractivity contribution < 1.29 is 37.7 Å². The van der Waals surface area contributed by atoms with Crippen molar-refractivity contribution in [2.24, 2.45) is 0 Å². The molecule has 16 heteroatoms. The topological polar surface area (TPSA) is 158 Å². The summed E-state index contributed by atoms with van der Waals surface area (Å²) in [4.78, 5) is 79.4. The van der Waals surface area contributed by atoms with Crippen molar-refractivity contribution in [3.8, 4) is 6.07 Å². The highest BCUT2D eigenvalue weighted by Gasteiger charge is 2.48. The molecule has 46 heavy (non-hydrogen) atoms. The summed E-state index contributed by atoms with van der Waals surface area (Å²) in [7, 11) is -3.56. The van der Waals surface area contributed by atoms with Gasteiger partial charge in [-0.05, 0) is 55.7 Å². The van der Waals surface area contributed by atoms with Crippen molar-refractivity contribution >= 4 is 53.4 Å². The minimum atomic E-state index is -3.85. The Balaban J connectivity index is 1.22. The summed E-state index contributed by atoms with van der Waals surface area (Å²) in [6.07, 6.45) is 3.58. The van der Waals surface area contributed by atoms with Crippen molar-refractivity contribution in [3.63, 3.8) is 0 Å². The van der Waals surface area contributed by atoms with Crippen LogP contribution in [0.25, 0.3) is 10.1 Å². The van der Waals surface area contributed by atoms with Crippen LogP contribution in [0.2, 0.25) is 0 Å². The third-order valence-corrected chi connectivity index (χ3v) is 11.3. The summed E-state index contributed by atoms with van der Waals surface area (Å²) in [5, 5.41) is 12.8. The third kappa shape index (κ3) is 6.21. The van der Waals surface area contributed by atoms with Crippen LogP contribution < -0.4 is 5.32 Å². The molecule has 3 N–H and O–H groups in total. The van der Waals surface area contributed by atoms with E-state index in [4.69, 9.17) is 9.79 Å². The molecule has 6 rings (SSSR count). The number of piperazine rings is 1. The zero-order chi connectivity index (χ0) is 32.9. The van der Waals surface area contributed by atoms with Crippen molar-refractivity contribution in [2.45, 2.75) is 74.9 Å². The lowest BCUT2D eigenvalue weighted by molar-refractivity contribution is -0.149. The molecule has 1 aromatic heterocycles. The molecule has 3 aliphatic heterocycles. The fourth-order valence-corrected chi connectivity index (χ4v) is 8.18. The van der Waals surface area contributed by atoms with Gasteiger partial charge in [0, 0.05) is 62.0 Å². The van der Waals surface area contributed by atoms with Crippen LogP contribution in [0.4, 0.5) is 8.78 Å². The molecule has 3 saturated heterocycles. The van der Waals surface area contributed by atoms with E-state index in [0.717, 1.165) is 36.3 Å². The number of carbonyl (C=O) groups is 4. The highest BCUT2D eigenvalue weighted by atomic mass is 32.1. The molecule has 1 aliphatic carbocycles. The third-order valence-electron chi connectivity index (χ3n) is 9.46. The highest BCUT2D eigenvalue weighted by Crippen LogP contribution is 2.53. The molecule has 4 aliphatic rings. The SMILES string of the molecule is CC(=O)N1CC[C@H]2CC[C@@H](C(=O)N3CCN(C4CC4)C(C#N)C3)N2C(=O)[C@@H](NC(=O)c2cc3cc(C(F)(F)P(O)O)ccc3s2)C1. The molecule has 1 saturated carbocycles. The van der Waals surface area contributed by atoms with Crippen LogP contribution in [0.3, 0.4) is 0 Å². The number of benzene rings is 1. The first-order valence-electron chi connectivity index (χ1n) is 15.3. The summed E-state index contributed by atoms with van der Waals surface area (Å²) in [5.74, 6) is -1.59. The van der Waals surface area contributed by atoms with Crippen LogP contribution >= 0.6 is 19.7 Å². The largest absolute Gasteiger partial charge is 0.346 e. The average Bonchev–Trinajstić information content (AvgIpc) is 3.64. The van der Waals surface area contributed by atoms with Crippen LogP contribution in [-0.2, 0) is 20.0 Å². The number of fused-ring (bicyclic) bond motifs is 2. The highest BCUT2D eigenvalue weighted by molar-refractivity contribution is 7.46. The maximum Gasteiger partial charge on any atom is 0.339 e. The van der Waals surface area contributed by atoms with Crippen LogP contribution in [0.5, 0.6) is 0 Å². The van der Waals surface area contributed by atoms with Gasteiger partial charge in [0.2, 0.25) is 26.1 Å². The predicted octanol–water partition coefficient (Wildman–Crippen LogP) is 2.16. The number of amides is 4. The van der Waals surface area contributed by atoms with Gasteiger partial charge in [-0.15, -0.1) is 11.3 Å². The van der Waals surface area contributed by atoms with Crippen molar-refractivity contribution in [1.82, 2.24) is 24.9 Å². The fourth-order valence-electron chi connectivity index (χ4n) is 6.86. The van der Waals surface area contributed by atoms with Gasteiger partial charge < -0.3 is 29.8 Å². The normalized spacial score (nSPS) is 26.1. The molecule has 1 unspecified atom stereocenters. The van der Waals surface area contributed by atoms with Gasteiger partial charge >= 0.3 is 5.66 Å². The molecule has 1 aromatic carbocycles. The van der Waals surface area contributed by atoms with Gasteiger partial charge in [0.15, 0.2) is 0 Å². The zero-order valence-electron chi connectivity index (χ0n) is 25.1. The Labute approximate surface area is 269 Å². The Hall–Kier alpha value is -3.28. The second kappa shape index (κ2) is 12.7. The molecule has 2 aromatic rings. The Morgan fingerprint density at radius 1 is 1.02 bits per heavy atom. The van der Waals surface area contributed by atoms with Gasteiger partial charge in [-0.2, -0.15) is 14.0 Å². The Morgan fingerprint density at radius 2 is 1.76 bits per heavy atom. The lowest BCUT2D eigenvalue weighted by atomic mass is 10.1. The van der Waals surface area contributed by atoms with E-state index in [1.165, 1.54) is 24.0 Å². The zero-order valence-corrected chi connectivity index (χ0v) is 26.9. The van der Waals surface area contributed by atoms with Gasteiger partial charge in [-0.1, -0.05) is 6.07 Å². The maximum atomic E-state index is 14.2. The number of rotatable bonds is 6. The van der Waals surface area contributed by atoms with E-state index in [2.05, 4.69) is 16.3 Å². The molecule has 12 nitrogen and oxygen atoms in total. The van der Waals surface area contributed by atoms with Crippen molar-refractivity contribution in [3.05, 3.63) is 34.7 Å². The van der Waals surface area contributed by atoms with Gasteiger partial charge in [-0.3, -0.25) is 24.1 Å². The summed E-state index contributed by atoms with van der Waals surface area (Å²) < 4.78 is 29.0. The van der Waals surface area contributed by atoms with Crippen LogP contribution in [0.15, 0.2) is 24.3 Å². The molecule has 246 valence electrons. The summed E-state index contributed by atoms with van der Waals surface area (Å²) in [6, 6.07) is 5.01. The maximum absolute atomic E-state index is 14.2. The number of alkyl halides is 2. The summed E-state index contributed by atoms with van der Waals surface area (Å²) in [5.41, 5.74) is -4.45. The number of carbonyl (C=O) groups excluding carboxylic acids is 4. The van der Waals surface area contributed by atoms with Crippen LogP contribution in [0, 0.1) is 11.3 Å². The summed E-state index contributed by atoms with van der Waals surface area (Å²) in [6.45, 7) is 2.96. The quantitative estimate of drug-likeness (QED) is 0.393. The van der Waals surface area contributed by atoms with E-state index < -0.39 is 49.5 Å². The predicted molar refractivity (Wildman–Crippen MR) is 165 cm³/mol. The Kier molecular flexibility index (Phi) is 9.04. The van der Waals surface area contributed by atoms with Crippen LogP contribution in [-0.4, -0.2) is 116 Å². The fraction of sp³-hybridized carbons (Fsp3) is 0.567. The molecule has 0 radical (unpaired) electrons. The molecule has 0 bridgehead atoms. The Bertz CT molecular complexity index is 1600. The van der Waals surface area contributed by atoms with Gasteiger partial charge in [0.25, 0.3) is 5.91 Å². The number of hydrogen-bond acceptors (Lipinski definition) is 9. The standard InChI is InChI=1S/C30H35F2N6O6PS/c1-17(39)35-9-8-21-5-6-24(29(42)36-10-11-37(20-3-4-20)22(14-33)15-36)38(21)28(41)23(16-35)34-27(40)26-13-18-12-19(2-7-25(18)46-26)30(31,32)45(43)44/h2,7,12-13,20-24,43-44H,3-6,8-11,15-16H2,1H3,(H,34,40)/t21-,22?,23+,24+/m1/s1. The van der Waals surface area contributed by atoms with E-state index in [-0.39, 0.29) is 35.8 Å². The smallest absolute Gasteiger partial charge is 0.339 e. The van der Waals surface area contributed by atoms with Crippen LogP contribution in [0.1, 0.15) is 54.3 Å². The number of nitrogens with one attached hydrogen (secondary N) is 1. The first-order valence-corrected chi connectivity index (χ1v) is 17.4. The van der Waals surface area contributed by atoms with E-state index in [1.807, 2.05) is 0 Å². The minimum absolute atomic E-state index is 0.0988. The lowest BCUT2D eigenvalue weighted by Gasteiger charge is -2.42. The second-order valence-electron chi connectivity index (χ2n) is 12.4. The van der Waals surface area contributed by atoms with E-state index in [1.54, 1.807) is 9.80 Å². The van der Waals surface area contributed by atoms with Gasteiger partial charge in [0.05, 0.1) is 10.9 Å². The number of nitrogens with zero attached hydrogens (tertiary/aromatic N) is 5. The molecular weight excluding hydrogens is 641 g/mol. The second-order valence-corrected chi connectivity index (χ2v) is 14.6. The number of halogens is 2. The van der Waals surface area contributed by atoms with E-state index in [0.29, 0.717) is 55.0 Å². The Morgan fingerprint density at radius 3 is 2.43 bits per heavy atom. The summed E-state index contributed by atoms with van der Waals surface area (Å²) >= 11 is 1.02. The number of thiophene rings is 1. The number of hydrogen-bond donors (Lipinski definition) is 3. The number of nitriles is 1. The first kappa shape index (κ1) is 32.7. The van der Waals surface area contributed by atoms with E-state index in [9.17, 15) is 33.2 Å². The van der Waals surface area contributed by atoms with Crippen molar-refractivity contribution in [2.75, 3.05) is 32.7 Å². The average molecular weight is 677 g/mol.